The third kappa shape index (κ3) is 7.11. The van der Waals surface area contributed by atoms with Gasteiger partial charge in [0.25, 0.3) is 0 Å². The molecule has 0 spiro atoms. The van der Waals surface area contributed by atoms with Gasteiger partial charge < -0.3 is 10.2 Å². The van der Waals surface area contributed by atoms with Gasteiger partial charge in [-0.2, -0.15) is 0 Å². The number of para-hydroxylation sites is 2. The van der Waals surface area contributed by atoms with Crippen LogP contribution in [-0.4, -0.2) is 28.3 Å². The Morgan fingerprint density at radius 1 is 0.434 bits per heavy atom. The number of benzene rings is 7. The van der Waals surface area contributed by atoms with E-state index in [2.05, 4.69) is 114 Å². The van der Waals surface area contributed by atoms with Crippen molar-refractivity contribution in [1.82, 2.24) is 9.97 Å². The first-order valence-corrected chi connectivity index (χ1v) is 20.7. The van der Waals surface area contributed by atoms with E-state index in [0.717, 1.165) is 47.1 Å². The van der Waals surface area contributed by atoms with Crippen LogP contribution in [0.15, 0.2) is 176 Å². The first-order valence-electron chi connectivity index (χ1n) is 17.0. The molecule has 4 nitrogen and oxygen atoms in total. The molecule has 0 aliphatic heterocycles. The van der Waals surface area contributed by atoms with Gasteiger partial charge >= 0.3 is 0 Å². The number of phenols is 2. The fourth-order valence-corrected chi connectivity index (χ4v) is 13.6. The summed E-state index contributed by atoms with van der Waals surface area (Å²) in [6.45, 7) is 2.01. The molecule has 0 radical (unpaired) electrons. The average Bonchev–Trinajstić information content (AvgIpc) is 3.83. The monoisotopic (exact) mass is 790 g/mol. The molecule has 0 amide bonds. The van der Waals surface area contributed by atoms with Gasteiger partial charge in [-0.25, -0.2) is 9.97 Å². The van der Waals surface area contributed by atoms with Crippen molar-refractivity contribution in [3.8, 4) is 32.6 Å². The molecular formula is C45H34N2O2S2SiZn. The number of fused-ring (bicyclic) bond motifs is 2. The molecule has 8 heteroatoms. The van der Waals surface area contributed by atoms with Crippen LogP contribution in [0.5, 0.6) is 11.5 Å². The summed E-state index contributed by atoms with van der Waals surface area (Å²) in [5.74, 6) is 0.541. The van der Waals surface area contributed by atoms with Crippen molar-refractivity contribution in [2.45, 2.75) is 6.92 Å². The van der Waals surface area contributed by atoms with Crippen molar-refractivity contribution < 1.29 is 29.7 Å². The largest absolute Gasteiger partial charge is 0.507 e. The number of aromatic nitrogens is 2. The summed E-state index contributed by atoms with van der Waals surface area (Å²) in [5.41, 5.74) is 4.65. The smallest absolute Gasteiger partial charge is 0.179 e. The Labute approximate surface area is 330 Å². The first kappa shape index (κ1) is 36.1. The average molecular weight is 792 g/mol. The molecule has 0 aliphatic carbocycles. The van der Waals surface area contributed by atoms with Gasteiger partial charge in [-0.1, -0.05) is 133 Å². The van der Waals surface area contributed by atoms with Crippen LogP contribution in [0.2, 0.25) is 0 Å². The van der Waals surface area contributed by atoms with Crippen molar-refractivity contribution in [3.63, 3.8) is 0 Å². The van der Waals surface area contributed by atoms with E-state index >= 15 is 0 Å². The SMILES string of the molecule is Cc1ccc(O)c(-c2nc3ccccc3s2)c1.Oc1ccc([Si](c2ccccc2)(c2ccccc2)c2ccccc2)cc1-c1nc2ccccc2s1.[Zn]. The van der Waals surface area contributed by atoms with Crippen LogP contribution in [0.1, 0.15) is 5.56 Å². The predicted molar refractivity (Wildman–Crippen MR) is 222 cm³/mol. The van der Waals surface area contributed by atoms with Gasteiger partial charge in [0.1, 0.15) is 21.5 Å². The Kier molecular flexibility index (Phi) is 10.8. The van der Waals surface area contributed by atoms with E-state index in [1.807, 2.05) is 67.6 Å². The fraction of sp³-hybridized carbons (Fsp3) is 0.0222. The van der Waals surface area contributed by atoms with E-state index in [1.165, 1.54) is 20.7 Å². The zero-order chi connectivity index (χ0) is 35.5. The molecule has 9 aromatic rings. The number of hydrogen-bond acceptors (Lipinski definition) is 6. The molecule has 9 rings (SSSR count). The van der Waals surface area contributed by atoms with E-state index < -0.39 is 8.07 Å². The van der Waals surface area contributed by atoms with Crippen LogP contribution in [0.3, 0.4) is 0 Å². The van der Waals surface area contributed by atoms with Crippen LogP contribution in [0.25, 0.3) is 41.6 Å². The topological polar surface area (TPSA) is 66.2 Å². The summed E-state index contributed by atoms with van der Waals surface area (Å²) < 4.78 is 2.26. The number of thiazole rings is 2. The van der Waals surface area contributed by atoms with Crippen molar-refractivity contribution in [1.29, 1.82) is 0 Å². The molecule has 7 aromatic carbocycles. The Bertz CT molecular complexity index is 2470. The zero-order valence-corrected chi connectivity index (χ0v) is 34.7. The molecule has 0 atom stereocenters. The molecule has 0 saturated heterocycles. The Morgan fingerprint density at radius 3 is 1.28 bits per heavy atom. The van der Waals surface area contributed by atoms with Crippen molar-refractivity contribution in [2.75, 3.05) is 0 Å². The minimum absolute atomic E-state index is 0. The van der Waals surface area contributed by atoms with E-state index in [1.54, 1.807) is 28.7 Å². The van der Waals surface area contributed by atoms with Crippen molar-refractivity contribution in [2.24, 2.45) is 0 Å². The third-order valence-electron chi connectivity index (χ3n) is 9.25. The number of aromatic hydroxyl groups is 2. The molecule has 53 heavy (non-hydrogen) atoms. The van der Waals surface area contributed by atoms with E-state index in [0.29, 0.717) is 0 Å². The minimum atomic E-state index is -2.66. The molecule has 2 aromatic heterocycles. The standard InChI is InChI=1S/C31H23NOSSi.C14H11NOS.Zn/c33-29-21-20-26(22-27(29)31-32-28-18-10-11-19-30(28)34-31)35(23-12-4-1-5-13-23,24-14-6-2-7-15-24)25-16-8-3-9-17-25;1-9-6-7-12(16)10(8-9)14-15-11-4-2-3-5-13(11)17-14;/h1-22,33H;2-8,16H,1H3;. The molecule has 0 unspecified atom stereocenters. The first-order chi connectivity index (χ1) is 25.5. The van der Waals surface area contributed by atoms with E-state index in [4.69, 9.17) is 4.98 Å². The van der Waals surface area contributed by atoms with Gasteiger partial charge in [-0.15, -0.1) is 22.7 Å². The quantitative estimate of drug-likeness (QED) is 0.130. The van der Waals surface area contributed by atoms with Crippen LogP contribution >= 0.6 is 22.7 Å². The third-order valence-corrected chi connectivity index (χ3v) is 16.2. The maximum Gasteiger partial charge on any atom is 0.179 e. The van der Waals surface area contributed by atoms with Crippen molar-refractivity contribution in [3.05, 3.63) is 181 Å². The van der Waals surface area contributed by atoms with Gasteiger partial charge in [-0.05, 0) is 76.2 Å². The normalized spacial score (nSPS) is 11.1. The molecule has 254 valence electrons. The Morgan fingerprint density at radius 2 is 0.830 bits per heavy atom. The van der Waals surface area contributed by atoms with Gasteiger partial charge in [0.05, 0.1) is 31.6 Å². The molecule has 0 bridgehead atoms. The van der Waals surface area contributed by atoms with Gasteiger partial charge in [0, 0.05) is 19.5 Å². The second-order valence-corrected chi connectivity index (χ2v) is 18.4. The molecule has 0 fully saturated rings. The number of hydrogen-bond donors (Lipinski definition) is 2. The number of phenolic OH excluding ortho intramolecular Hbond substituents is 2. The number of nitrogens with zero attached hydrogens (tertiary/aromatic N) is 2. The summed E-state index contributed by atoms with van der Waals surface area (Å²) in [6.07, 6.45) is 0. The summed E-state index contributed by atoms with van der Waals surface area (Å²) in [4.78, 5) is 9.40. The summed E-state index contributed by atoms with van der Waals surface area (Å²) in [5, 5.41) is 27.7. The van der Waals surface area contributed by atoms with Crippen LogP contribution in [0, 0.1) is 6.92 Å². The molecule has 2 heterocycles. The molecule has 0 saturated carbocycles. The predicted octanol–water partition coefficient (Wildman–Crippen LogP) is 9.02. The molecule has 2 N–H and O–H groups in total. The molecular weight excluding hydrogens is 758 g/mol. The van der Waals surface area contributed by atoms with Crippen LogP contribution in [-0.2, 0) is 19.5 Å². The van der Waals surface area contributed by atoms with Crippen LogP contribution < -0.4 is 20.7 Å². The summed E-state index contributed by atoms with van der Waals surface area (Å²) in [6, 6.07) is 60.3. The number of aryl methyl sites for hydroxylation is 1. The second kappa shape index (κ2) is 15.8. The number of rotatable bonds is 6. The second-order valence-electron chi connectivity index (χ2n) is 12.6. The van der Waals surface area contributed by atoms with Gasteiger partial charge in [0.15, 0.2) is 8.07 Å². The van der Waals surface area contributed by atoms with Crippen molar-refractivity contribution >= 4 is 71.9 Å². The van der Waals surface area contributed by atoms with Gasteiger partial charge in [0.2, 0.25) is 0 Å². The summed E-state index contributed by atoms with van der Waals surface area (Å²) in [7, 11) is -2.66. The Balaban J connectivity index is 0.000000203. The van der Waals surface area contributed by atoms with E-state index in [9.17, 15) is 10.2 Å². The van der Waals surface area contributed by atoms with E-state index in [-0.39, 0.29) is 31.0 Å². The fourth-order valence-electron chi connectivity index (χ4n) is 6.80. The zero-order valence-electron chi connectivity index (χ0n) is 29.1. The Hall–Kier alpha value is -5.24. The van der Waals surface area contributed by atoms with Crippen LogP contribution in [0.4, 0.5) is 0 Å². The maximum absolute atomic E-state index is 11.0. The maximum atomic E-state index is 11.0. The molecule has 0 aliphatic rings. The summed E-state index contributed by atoms with van der Waals surface area (Å²) >= 11 is 3.22. The van der Waals surface area contributed by atoms with Gasteiger partial charge in [-0.3, -0.25) is 0 Å². The minimum Gasteiger partial charge on any atom is -0.507 e.